The number of hydrogen-bond acceptors (Lipinski definition) is 8. The van der Waals surface area contributed by atoms with Crippen LogP contribution in [0.3, 0.4) is 0 Å². The topological polar surface area (TPSA) is 112 Å². The molecule has 0 radical (unpaired) electrons. The molecular weight excluding hydrogens is 452 g/mol. The van der Waals surface area contributed by atoms with Crippen molar-refractivity contribution in [1.82, 2.24) is 19.5 Å². The van der Waals surface area contributed by atoms with Crippen molar-refractivity contribution in [3.8, 4) is 22.1 Å². The van der Waals surface area contributed by atoms with E-state index >= 15 is 0 Å². The molecule has 11 heteroatoms. The maximum Gasteiger partial charge on any atom is 0.266 e. The first-order valence-electron chi connectivity index (χ1n) is 10.2. The van der Waals surface area contributed by atoms with Crippen LogP contribution in [-0.2, 0) is 16.6 Å². The van der Waals surface area contributed by atoms with E-state index in [1.165, 1.54) is 28.2 Å². The van der Waals surface area contributed by atoms with Crippen LogP contribution in [0.4, 0.5) is 0 Å². The van der Waals surface area contributed by atoms with E-state index in [4.69, 9.17) is 9.47 Å². The summed E-state index contributed by atoms with van der Waals surface area (Å²) in [6, 6.07) is 7.72. The van der Waals surface area contributed by atoms with Crippen molar-refractivity contribution in [3.63, 3.8) is 0 Å². The molecule has 0 saturated heterocycles. The molecule has 3 aromatic rings. The van der Waals surface area contributed by atoms with Crippen molar-refractivity contribution in [1.29, 1.82) is 0 Å². The van der Waals surface area contributed by atoms with Gasteiger partial charge in [0.15, 0.2) is 0 Å². The van der Waals surface area contributed by atoms with Gasteiger partial charge < -0.3 is 9.47 Å². The van der Waals surface area contributed by atoms with Gasteiger partial charge in [-0.25, -0.2) is 22.8 Å². The first-order valence-corrected chi connectivity index (χ1v) is 12.5. The van der Waals surface area contributed by atoms with Crippen molar-refractivity contribution < 1.29 is 17.9 Å². The number of rotatable bonds is 10. The Morgan fingerprint density at radius 3 is 2.50 bits per heavy atom. The van der Waals surface area contributed by atoms with Gasteiger partial charge >= 0.3 is 0 Å². The molecule has 2 aromatic heterocycles. The van der Waals surface area contributed by atoms with E-state index in [2.05, 4.69) is 14.8 Å². The smallest absolute Gasteiger partial charge is 0.266 e. The van der Waals surface area contributed by atoms with Crippen LogP contribution in [0, 0.1) is 13.8 Å². The molecule has 0 aliphatic heterocycles. The maximum absolute atomic E-state index is 12.9. The van der Waals surface area contributed by atoms with Crippen LogP contribution >= 0.6 is 11.3 Å². The van der Waals surface area contributed by atoms with E-state index in [1.54, 1.807) is 25.1 Å². The summed E-state index contributed by atoms with van der Waals surface area (Å²) >= 11 is 1.49. The van der Waals surface area contributed by atoms with E-state index in [1.807, 2.05) is 20.8 Å². The quantitative estimate of drug-likeness (QED) is 0.477. The van der Waals surface area contributed by atoms with Gasteiger partial charge in [-0.1, -0.05) is 0 Å². The molecule has 0 amide bonds. The van der Waals surface area contributed by atoms with Crippen molar-refractivity contribution in [2.75, 3.05) is 19.8 Å². The largest absolute Gasteiger partial charge is 0.494 e. The average molecular weight is 479 g/mol. The van der Waals surface area contributed by atoms with Crippen LogP contribution in [0.5, 0.6) is 11.5 Å². The fraction of sp³-hybridized carbons (Fsp3) is 0.381. The lowest BCUT2D eigenvalue weighted by Crippen LogP contribution is -2.32. The van der Waals surface area contributed by atoms with Crippen LogP contribution in [0.15, 0.2) is 40.0 Å². The Balaban J connectivity index is 1.79. The molecule has 32 heavy (non-hydrogen) atoms. The van der Waals surface area contributed by atoms with Gasteiger partial charge in [0.05, 0.1) is 35.3 Å². The number of nitrogens with one attached hydrogen (secondary N) is 1. The van der Waals surface area contributed by atoms with Crippen molar-refractivity contribution >= 4 is 21.4 Å². The summed E-state index contributed by atoms with van der Waals surface area (Å²) in [7, 11) is -3.91. The second-order valence-corrected chi connectivity index (χ2v) is 9.74. The van der Waals surface area contributed by atoms with Gasteiger partial charge in [0.2, 0.25) is 10.0 Å². The Morgan fingerprint density at radius 2 is 1.84 bits per heavy atom. The maximum atomic E-state index is 12.9. The van der Waals surface area contributed by atoms with E-state index in [0.717, 1.165) is 15.6 Å². The Hall–Kier alpha value is -2.76. The third-order valence-corrected chi connectivity index (χ3v) is 7.01. The lowest BCUT2D eigenvalue weighted by molar-refractivity contribution is 0.322. The molecule has 0 aliphatic carbocycles. The highest BCUT2D eigenvalue weighted by molar-refractivity contribution is 7.89. The first-order chi connectivity index (χ1) is 15.2. The molecule has 0 spiro atoms. The van der Waals surface area contributed by atoms with Gasteiger partial charge in [0.25, 0.3) is 5.56 Å². The Labute approximate surface area is 191 Å². The number of ether oxygens (including phenoxy) is 2. The molecule has 0 fully saturated rings. The van der Waals surface area contributed by atoms with E-state index in [9.17, 15) is 13.2 Å². The molecule has 0 unspecified atom stereocenters. The minimum Gasteiger partial charge on any atom is -0.494 e. The van der Waals surface area contributed by atoms with Gasteiger partial charge in [0.1, 0.15) is 22.1 Å². The van der Waals surface area contributed by atoms with Gasteiger partial charge in [-0.05, 0) is 45.9 Å². The van der Waals surface area contributed by atoms with Gasteiger partial charge in [-0.15, -0.1) is 11.3 Å². The van der Waals surface area contributed by atoms with E-state index in [0.29, 0.717) is 24.7 Å². The molecule has 9 nitrogen and oxygen atoms in total. The SMILES string of the molecule is CCOc1ccc(OCC)c(S(=O)(=O)NCCn2nc(-c3sc(C)nc3C)ccc2=O)c1. The number of aromatic nitrogens is 3. The Morgan fingerprint density at radius 1 is 1.09 bits per heavy atom. The predicted molar refractivity (Wildman–Crippen MR) is 123 cm³/mol. The molecule has 1 aromatic carbocycles. The highest BCUT2D eigenvalue weighted by atomic mass is 32.2. The number of thiazole rings is 1. The summed E-state index contributed by atoms with van der Waals surface area (Å²) in [6.45, 7) is 8.15. The van der Waals surface area contributed by atoms with Crippen molar-refractivity contribution in [2.24, 2.45) is 0 Å². The lowest BCUT2D eigenvalue weighted by atomic mass is 10.3. The van der Waals surface area contributed by atoms with Crippen LogP contribution in [0.2, 0.25) is 0 Å². The zero-order chi connectivity index (χ0) is 23.3. The summed E-state index contributed by atoms with van der Waals surface area (Å²) in [4.78, 5) is 17.5. The molecule has 172 valence electrons. The minimum atomic E-state index is -3.91. The molecule has 0 saturated carbocycles. The number of hydrogen-bond donors (Lipinski definition) is 1. The Bertz CT molecular complexity index is 1250. The Kier molecular flexibility index (Phi) is 7.64. The van der Waals surface area contributed by atoms with Crippen molar-refractivity contribution in [2.45, 2.75) is 39.1 Å². The zero-order valence-electron chi connectivity index (χ0n) is 18.4. The molecule has 0 atom stereocenters. The molecule has 1 N–H and O–H groups in total. The number of aryl methyl sites for hydroxylation is 2. The third-order valence-electron chi connectivity index (χ3n) is 4.43. The lowest BCUT2D eigenvalue weighted by Gasteiger charge is -2.14. The molecule has 0 bridgehead atoms. The second kappa shape index (κ2) is 10.2. The summed E-state index contributed by atoms with van der Waals surface area (Å²) in [6.07, 6.45) is 0. The van der Waals surface area contributed by atoms with Crippen LogP contribution < -0.4 is 19.8 Å². The summed E-state index contributed by atoms with van der Waals surface area (Å²) < 4.78 is 40.5. The normalized spacial score (nSPS) is 11.5. The molecular formula is C21H26N4O5S2. The molecule has 0 aliphatic rings. The second-order valence-electron chi connectivity index (χ2n) is 6.80. The molecule has 2 heterocycles. The number of benzene rings is 1. The fourth-order valence-electron chi connectivity index (χ4n) is 3.09. The van der Waals surface area contributed by atoms with E-state index in [-0.39, 0.29) is 29.3 Å². The molecule has 3 rings (SSSR count). The number of nitrogens with zero attached hydrogens (tertiary/aromatic N) is 3. The summed E-state index contributed by atoms with van der Waals surface area (Å²) in [5, 5.41) is 5.30. The van der Waals surface area contributed by atoms with Crippen LogP contribution in [0.1, 0.15) is 24.5 Å². The van der Waals surface area contributed by atoms with Gasteiger partial charge in [-0.2, -0.15) is 5.10 Å². The van der Waals surface area contributed by atoms with Crippen LogP contribution in [0.25, 0.3) is 10.6 Å². The van der Waals surface area contributed by atoms with Crippen molar-refractivity contribution in [3.05, 3.63) is 51.4 Å². The predicted octanol–water partition coefficient (Wildman–Crippen LogP) is 2.76. The minimum absolute atomic E-state index is 0.0184. The van der Waals surface area contributed by atoms with Gasteiger partial charge in [0, 0.05) is 18.7 Å². The first kappa shape index (κ1) is 23.9. The third kappa shape index (κ3) is 5.53. The van der Waals surface area contributed by atoms with Crippen LogP contribution in [-0.4, -0.2) is 42.9 Å². The zero-order valence-corrected chi connectivity index (χ0v) is 20.0. The highest BCUT2D eigenvalue weighted by Gasteiger charge is 2.21. The average Bonchev–Trinajstić information content (AvgIpc) is 3.08. The van der Waals surface area contributed by atoms with E-state index < -0.39 is 10.0 Å². The number of sulfonamides is 1. The fourth-order valence-corrected chi connectivity index (χ4v) is 5.16. The monoisotopic (exact) mass is 478 g/mol. The van der Waals surface area contributed by atoms with Gasteiger partial charge in [-0.3, -0.25) is 4.79 Å². The standard InChI is InChI=1S/C21H26N4O5S2/c1-5-29-16-7-9-18(30-6-2)19(13-16)32(27,28)22-11-12-25-20(26)10-8-17(24-25)21-14(3)23-15(4)31-21/h7-10,13,22H,5-6,11-12H2,1-4H3. The summed E-state index contributed by atoms with van der Waals surface area (Å²) in [5.41, 5.74) is 1.14. The summed E-state index contributed by atoms with van der Waals surface area (Å²) in [5.74, 6) is 0.661. The highest BCUT2D eigenvalue weighted by Crippen LogP contribution is 2.29.